The SMILES string of the molecule is COCCNC(=O)C1CCN(Cc2c(Cl)cccc2Cl)CC1. The number of halogens is 2. The van der Waals surface area contributed by atoms with Gasteiger partial charge in [0.25, 0.3) is 0 Å². The number of amides is 1. The standard InChI is InChI=1S/C16H22Cl2N2O2/c1-22-10-7-19-16(21)12-5-8-20(9-6-12)11-13-14(17)3-2-4-15(13)18/h2-4,12H,5-11H2,1H3,(H,19,21). The quantitative estimate of drug-likeness (QED) is 0.806. The van der Waals surface area contributed by atoms with Gasteiger partial charge < -0.3 is 10.1 Å². The average molecular weight is 345 g/mol. The van der Waals surface area contributed by atoms with Crippen LogP contribution in [0.1, 0.15) is 18.4 Å². The summed E-state index contributed by atoms with van der Waals surface area (Å²) in [6.07, 6.45) is 1.72. The molecule has 1 fully saturated rings. The molecule has 0 aliphatic carbocycles. The first-order chi connectivity index (χ1) is 10.6. The predicted molar refractivity (Wildman–Crippen MR) is 89.3 cm³/mol. The highest BCUT2D eigenvalue weighted by Crippen LogP contribution is 2.27. The zero-order valence-electron chi connectivity index (χ0n) is 12.8. The van der Waals surface area contributed by atoms with Crippen LogP contribution in [0.3, 0.4) is 0 Å². The van der Waals surface area contributed by atoms with Crippen molar-refractivity contribution in [2.75, 3.05) is 33.4 Å². The van der Waals surface area contributed by atoms with Crippen molar-refractivity contribution in [3.63, 3.8) is 0 Å². The summed E-state index contributed by atoms with van der Waals surface area (Å²) in [7, 11) is 1.63. The number of carbonyl (C=O) groups is 1. The molecule has 1 aliphatic heterocycles. The summed E-state index contributed by atoms with van der Waals surface area (Å²) < 4.78 is 4.94. The van der Waals surface area contributed by atoms with E-state index in [1.54, 1.807) is 7.11 Å². The van der Waals surface area contributed by atoms with Gasteiger partial charge in [-0.2, -0.15) is 0 Å². The number of ether oxygens (including phenoxy) is 1. The highest BCUT2D eigenvalue weighted by molar-refractivity contribution is 6.35. The third-order valence-electron chi connectivity index (χ3n) is 4.01. The van der Waals surface area contributed by atoms with Gasteiger partial charge in [0.1, 0.15) is 0 Å². The number of nitrogens with zero attached hydrogens (tertiary/aromatic N) is 1. The minimum absolute atomic E-state index is 0.0924. The van der Waals surface area contributed by atoms with Crippen molar-refractivity contribution in [3.8, 4) is 0 Å². The van der Waals surface area contributed by atoms with E-state index in [1.165, 1.54) is 0 Å². The number of nitrogens with one attached hydrogen (secondary N) is 1. The number of piperidine rings is 1. The summed E-state index contributed by atoms with van der Waals surface area (Å²) in [5.74, 6) is 0.224. The number of methoxy groups -OCH3 is 1. The molecule has 4 nitrogen and oxygen atoms in total. The summed E-state index contributed by atoms with van der Waals surface area (Å²) in [6, 6.07) is 5.57. The molecule has 122 valence electrons. The van der Waals surface area contributed by atoms with Crippen LogP contribution < -0.4 is 5.32 Å². The minimum Gasteiger partial charge on any atom is -0.383 e. The van der Waals surface area contributed by atoms with Crippen LogP contribution in [0.5, 0.6) is 0 Å². The number of hydrogen-bond acceptors (Lipinski definition) is 3. The number of likely N-dealkylation sites (tertiary alicyclic amines) is 1. The summed E-state index contributed by atoms with van der Waals surface area (Å²) in [5, 5.41) is 4.31. The molecular formula is C16H22Cl2N2O2. The van der Waals surface area contributed by atoms with E-state index < -0.39 is 0 Å². The molecule has 1 heterocycles. The normalized spacial score (nSPS) is 16.7. The Morgan fingerprint density at radius 3 is 2.55 bits per heavy atom. The van der Waals surface area contributed by atoms with Crippen molar-refractivity contribution in [1.82, 2.24) is 10.2 Å². The van der Waals surface area contributed by atoms with Crippen molar-refractivity contribution in [2.45, 2.75) is 19.4 Å². The van der Waals surface area contributed by atoms with E-state index in [9.17, 15) is 4.79 Å². The molecule has 0 aromatic heterocycles. The second-order valence-corrected chi connectivity index (χ2v) is 6.35. The van der Waals surface area contributed by atoms with E-state index in [0.717, 1.165) is 38.0 Å². The smallest absolute Gasteiger partial charge is 0.223 e. The zero-order chi connectivity index (χ0) is 15.9. The molecule has 1 aromatic carbocycles. The molecule has 1 saturated heterocycles. The molecule has 0 unspecified atom stereocenters. The van der Waals surface area contributed by atoms with Gasteiger partial charge in [-0.25, -0.2) is 0 Å². The third kappa shape index (κ3) is 4.85. The van der Waals surface area contributed by atoms with E-state index in [-0.39, 0.29) is 11.8 Å². The van der Waals surface area contributed by atoms with Crippen LogP contribution in [0, 0.1) is 5.92 Å². The second kappa shape index (κ2) is 8.73. The number of carbonyl (C=O) groups excluding carboxylic acids is 1. The Kier molecular flexibility index (Phi) is 6.96. The Labute approximate surface area is 141 Å². The van der Waals surface area contributed by atoms with Gasteiger partial charge >= 0.3 is 0 Å². The first-order valence-electron chi connectivity index (χ1n) is 7.53. The lowest BCUT2D eigenvalue weighted by molar-refractivity contribution is -0.126. The van der Waals surface area contributed by atoms with Crippen molar-refractivity contribution >= 4 is 29.1 Å². The van der Waals surface area contributed by atoms with E-state index in [4.69, 9.17) is 27.9 Å². The minimum atomic E-state index is 0.0924. The summed E-state index contributed by atoms with van der Waals surface area (Å²) in [5.41, 5.74) is 0.967. The molecule has 6 heteroatoms. The van der Waals surface area contributed by atoms with Crippen LogP contribution >= 0.6 is 23.2 Å². The topological polar surface area (TPSA) is 41.6 Å². The van der Waals surface area contributed by atoms with Gasteiger partial charge in [0.05, 0.1) is 6.61 Å². The van der Waals surface area contributed by atoms with Gasteiger partial charge in [0, 0.05) is 41.7 Å². The molecule has 1 aromatic rings. The molecular weight excluding hydrogens is 323 g/mol. The molecule has 0 radical (unpaired) electrons. The number of hydrogen-bond donors (Lipinski definition) is 1. The van der Waals surface area contributed by atoms with Crippen molar-refractivity contribution in [1.29, 1.82) is 0 Å². The van der Waals surface area contributed by atoms with Crippen LogP contribution in [0.15, 0.2) is 18.2 Å². The molecule has 1 amide bonds. The highest BCUT2D eigenvalue weighted by atomic mass is 35.5. The van der Waals surface area contributed by atoms with Gasteiger partial charge in [-0.15, -0.1) is 0 Å². The van der Waals surface area contributed by atoms with Crippen LogP contribution in [0.2, 0.25) is 10.0 Å². The van der Waals surface area contributed by atoms with Gasteiger partial charge in [-0.1, -0.05) is 29.3 Å². The largest absolute Gasteiger partial charge is 0.383 e. The van der Waals surface area contributed by atoms with Crippen LogP contribution in [0.25, 0.3) is 0 Å². The predicted octanol–water partition coefficient (Wildman–Crippen LogP) is 2.97. The third-order valence-corrected chi connectivity index (χ3v) is 4.72. The molecule has 1 aliphatic rings. The van der Waals surface area contributed by atoms with Crippen LogP contribution in [-0.2, 0) is 16.1 Å². The van der Waals surface area contributed by atoms with E-state index >= 15 is 0 Å². The fourth-order valence-corrected chi connectivity index (χ4v) is 3.20. The first-order valence-corrected chi connectivity index (χ1v) is 8.29. The molecule has 0 spiro atoms. The zero-order valence-corrected chi connectivity index (χ0v) is 14.3. The Balaban J connectivity index is 1.81. The fourth-order valence-electron chi connectivity index (χ4n) is 2.68. The lowest BCUT2D eigenvalue weighted by Crippen LogP contribution is -2.41. The van der Waals surface area contributed by atoms with Crippen molar-refractivity contribution < 1.29 is 9.53 Å². The summed E-state index contributed by atoms with van der Waals surface area (Å²) >= 11 is 12.4. The molecule has 1 N–H and O–H groups in total. The Bertz CT molecular complexity index is 483. The first kappa shape index (κ1) is 17.5. The molecule has 0 bridgehead atoms. The fraction of sp³-hybridized carbons (Fsp3) is 0.562. The monoisotopic (exact) mass is 344 g/mol. The maximum atomic E-state index is 12.0. The summed E-state index contributed by atoms with van der Waals surface area (Å²) in [6.45, 7) is 3.62. The lowest BCUT2D eigenvalue weighted by Gasteiger charge is -2.31. The maximum absolute atomic E-state index is 12.0. The van der Waals surface area contributed by atoms with Gasteiger partial charge in [0.15, 0.2) is 0 Å². The maximum Gasteiger partial charge on any atom is 0.223 e. The van der Waals surface area contributed by atoms with Crippen LogP contribution in [-0.4, -0.2) is 44.2 Å². The lowest BCUT2D eigenvalue weighted by atomic mass is 9.95. The second-order valence-electron chi connectivity index (χ2n) is 5.53. The Morgan fingerprint density at radius 1 is 1.32 bits per heavy atom. The van der Waals surface area contributed by atoms with E-state index in [2.05, 4.69) is 10.2 Å². The van der Waals surface area contributed by atoms with E-state index in [1.807, 2.05) is 18.2 Å². The Morgan fingerprint density at radius 2 is 1.95 bits per heavy atom. The Hall–Kier alpha value is -0.810. The van der Waals surface area contributed by atoms with Crippen molar-refractivity contribution in [2.24, 2.45) is 5.92 Å². The van der Waals surface area contributed by atoms with E-state index in [0.29, 0.717) is 23.2 Å². The molecule has 0 atom stereocenters. The van der Waals surface area contributed by atoms with Crippen LogP contribution in [0.4, 0.5) is 0 Å². The van der Waals surface area contributed by atoms with Gasteiger partial charge in [-0.05, 0) is 38.1 Å². The number of benzene rings is 1. The summed E-state index contributed by atoms with van der Waals surface area (Å²) in [4.78, 5) is 14.3. The highest BCUT2D eigenvalue weighted by Gasteiger charge is 2.25. The molecule has 2 rings (SSSR count). The van der Waals surface area contributed by atoms with Crippen molar-refractivity contribution in [3.05, 3.63) is 33.8 Å². The average Bonchev–Trinajstić information content (AvgIpc) is 2.52. The van der Waals surface area contributed by atoms with Gasteiger partial charge in [0.2, 0.25) is 5.91 Å². The van der Waals surface area contributed by atoms with Gasteiger partial charge in [-0.3, -0.25) is 9.69 Å². The number of rotatable bonds is 6. The molecule has 22 heavy (non-hydrogen) atoms. The molecule has 0 saturated carbocycles.